The Morgan fingerprint density at radius 2 is 1.65 bits per heavy atom. The number of hydrogen-bond donors (Lipinski definition) is 3. The van der Waals surface area contributed by atoms with Crippen molar-refractivity contribution in [3.05, 3.63) is 17.7 Å². The minimum Gasteiger partial charge on any atom is -0.504 e. The topological polar surface area (TPSA) is 60.7 Å². The third-order valence-electron chi connectivity index (χ3n) is 3.26. The molecule has 0 aliphatic heterocycles. The molecule has 0 radical (unpaired) electrons. The van der Waals surface area contributed by atoms with Crippen LogP contribution >= 0.6 is 0 Å². The van der Waals surface area contributed by atoms with Crippen LogP contribution in [0.25, 0.3) is 0 Å². The molecule has 1 aromatic rings. The van der Waals surface area contributed by atoms with Crippen molar-refractivity contribution in [2.45, 2.75) is 51.9 Å². The van der Waals surface area contributed by atoms with Gasteiger partial charge < -0.3 is 15.3 Å². The highest BCUT2D eigenvalue weighted by Crippen LogP contribution is 2.43. The highest BCUT2D eigenvalue weighted by molar-refractivity contribution is 5.55. The molecule has 3 N–H and O–H groups in total. The first-order chi connectivity index (χ1) is 7.90. The molecule has 0 aliphatic carbocycles. The van der Waals surface area contributed by atoms with E-state index in [1.807, 2.05) is 13.8 Å². The van der Waals surface area contributed by atoms with Crippen LogP contribution < -0.4 is 0 Å². The lowest BCUT2D eigenvalue weighted by Gasteiger charge is -2.26. The van der Waals surface area contributed by atoms with Crippen molar-refractivity contribution in [3.63, 3.8) is 0 Å². The number of phenols is 3. The van der Waals surface area contributed by atoms with Crippen molar-refractivity contribution in [2.24, 2.45) is 0 Å². The second kappa shape index (κ2) is 5.30. The Morgan fingerprint density at radius 3 is 2.24 bits per heavy atom. The average molecular weight is 238 g/mol. The van der Waals surface area contributed by atoms with E-state index in [0.29, 0.717) is 5.56 Å². The molecule has 0 heterocycles. The Bertz CT molecular complexity index is 383. The molecule has 0 fully saturated rings. The first-order valence-corrected chi connectivity index (χ1v) is 6.14. The largest absolute Gasteiger partial charge is 0.504 e. The summed E-state index contributed by atoms with van der Waals surface area (Å²) in [5, 5.41) is 28.7. The number of rotatable bonds is 5. The number of hydrogen-bond acceptors (Lipinski definition) is 3. The van der Waals surface area contributed by atoms with Crippen molar-refractivity contribution in [1.82, 2.24) is 0 Å². The molecule has 3 heteroatoms. The van der Waals surface area contributed by atoms with Crippen LogP contribution in [-0.2, 0) is 5.41 Å². The van der Waals surface area contributed by atoms with Crippen LogP contribution in [0.2, 0.25) is 0 Å². The lowest BCUT2D eigenvalue weighted by Crippen LogP contribution is -2.17. The van der Waals surface area contributed by atoms with Gasteiger partial charge in [-0.05, 0) is 17.9 Å². The van der Waals surface area contributed by atoms with E-state index in [1.165, 1.54) is 6.07 Å². The van der Waals surface area contributed by atoms with E-state index in [9.17, 15) is 15.3 Å². The predicted octanol–water partition coefficient (Wildman–Crippen LogP) is 3.66. The summed E-state index contributed by atoms with van der Waals surface area (Å²) in [5.74, 6) is -0.909. The van der Waals surface area contributed by atoms with Gasteiger partial charge in [-0.25, -0.2) is 0 Å². The van der Waals surface area contributed by atoms with E-state index in [2.05, 4.69) is 6.92 Å². The van der Waals surface area contributed by atoms with Crippen molar-refractivity contribution < 1.29 is 15.3 Å². The van der Waals surface area contributed by atoms with E-state index < -0.39 is 5.75 Å². The molecule has 0 spiro atoms. The van der Waals surface area contributed by atoms with Gasteiger partial charge in [-0.1, -0.05) is 46.1 Å². The molecule has 1 aromatic carbocycles. The fourth-order valence-electron chi connectivity index (χ4n) is 2.07. The smallest absolute Gasteiger partial charge is 0.200 e. The Morgan fingerprint density at radius 1 is 1.00 bits per heavy atom. The quantitative estimate of drug-likeness (QED) is 0.542. The van der Waals surface area contributed by atoms with Crippen LogP contribution in [0.3, 0.4) is 0 Å². The van der Waals surface area contributed by atoms with Gasteiger partial charge in [0.25, 0.3) is 0 Å². The van der Waals surface area contributed by atoms with Gasteiger partial charge in [0.2, 0.25) is 5.75 Å². The minimum atomic E-state index is -0.425. The maximum absolute atomic E-state index is 9.86. The van der Waals surface area contributed by atoms with E-state index in [-0.39, 0.29) is 16.9 Å². The lowest BCUT2D eigenvalue weighted by molar-refractivity contribution is 0.351. The van der Waals surface area contributed by atoms with E-state index in [1.54, 1.807) is 6.07 Å². The molecule has 0 amide bonds. The highest BCUT2D eigenvalue weighted by Gasteiger charge is 2.25. The molecule has 96 valence electrons. The molecule has 17 heavy (non-hydrogen) atoms. The van der Waals surface area contributed by atoms with Crippen LogP contribution in [0.1, 0.15) is 52.0 Å². The second-order valence-electron chi connectivity index (χ2n) is 5.17. The van der Waals surface area contributed by atoms with Gasteiger partial charge >= 0.3 is 0 Å². The van der Waals surface area contributed by atoms with E-state index in [4.69, 9.17) is 0 Å². The molecule has 0 unspecified atom stereocenters. The summed E-state index contributed by atoms with van der Waals surface area (Å²) in [6.07, 6.45) is 4.35. The predicted molar refractivity (Wildman–Crippen MR) is 68.6 cm³/mol. The molecular weight excluding hydrogens is 216 g/mol. The van der Waals surface area contributed by atoms with Crippen LogP contribution in [0.4, 0.5) is 0 Å². The molecular formula is C14H22O3. The summed E-state index contributed by atoms with van der Waals surface area (Å²) in [7, 11) is 0. The van der Waals surface area contributed by atoms with Gasteiger partial charge in [0.1, 0.15) is 0 Å². The van der Waals surface area contributed by atoms with E-state index >= 15 is 0 Å². The average Bonchev–Trinajstić information content (AvgIpc) is 2.26. The van der Waals surface area contributed by atoms with Gasteiger partial charge in [0.05, 0.1) is 0 Å². The highest BCUT2D eigenvalue weighted by atomic mass is 16.3. The Balaban J connectivity index is 2.94. The number of benzene rings is 1. The number of aromatic hydroxyl groups is 3. The van der Waals surface area contributed by atoms with Crippen LogP contribution in [0.15, 0.2) is 12.1 Å². The zero-order valence-electron chi connectivity index (χ0n) is 10.8. The molecule has 0 bridgehead atoms. The van der Waals surface area contributed by atoms with Gasteiger partial charge in [0, 0.05) is 5.56 Å². The lowest BCUT2D eigenvalue weighted by atomic mass is 9.79. The maximum Gasteiger partial charge on any atom is 0.200 e. The van der Waals surface area contributed by atoms with Gasteiger partial charge in [0.15, 0.2) is 11.5 Å². The molecule has 0 saturated carbocycles. The standard InChI is InChI=1S/C14H22O3/c1-4-5-6-9-14(2,3)10-7-8-11(15)13(17)12(10)16/h7-8,15-17H,4-6,9H2,1-3H3. The van der Waals surface area contributed by atoms with Crippen LogP contribution in [0.5, 0.6) is 17.2 Å². The Kier molecular flexibility index (Phi) is 4.27. The van der Waals surface area contributed by atoms with E-state index in [0.717, 1.165) is 25.7 Å². The molecule has 0 atom stereocenters. The minimum absolute atomic E-state index is 0.202. The van der Waals surface area contributed by atoms with Crippen molar-refractivity contribution in [3.8, 4) is 17.2 Å². The number of unbranched alkanes of at least 4 members (excludes halogenated alkanes) is 2. The fourth-order valence-corrected chi connectivity index (χ4v) is 2.07. The van der Waals surface area contributed by atoms with Crippen molar-refractivity contribution in [2.75, 3.05) is 0 Å². The summed E-state index contributed by atoms with van der Waals surface area (Å²) in [6, 6.07) is 3.10. The molecule has 0 saturated heterocycles. The first kappa shape index (κ1) is 13.7. The van der Waals surface area contributed by atoms with Gasteiger partial charge in [-0.3, -0.25) is 0 Å². The van der Waals surface area contributed by atoms with Gasteiger partial charge in [-0.2, -0.15) is 0 Å². The first-order valence-electron chi connectivity index (χ1n) is 6.14. The fraction of sp³-hybridized carbons (Fsp3) is 0.571. The summed E-state index contributed by atoms with van der Waals surface area (Å²) >= 11 is 0. The second-order valence-corrected chi connectivity index (χ2v) is 5.17. The monoisotopic (exact) mass is 238 g/mol. The zero-order valence-corrected chi connectivity index (χ0v) is 10.8. The summed E-state index contributed by atoms with van der Waals surface area (Å²) in [5.41, 5.74) is 0.480. The summed E-state index contributed by atoms with van der Waals surface area (Å²) < 4.78 is 0. The van der Waals surface area contributed by atoms with Crippen molar-refractivity contribution in [1.29, 1.82) is 0 Å². The third kappa shape index (κ3) is 3.05. The maximum atomic E-state index is 9.86. The third-order valence-corrected chi connectivity index (χ3v) is 3.26. The molecule has 0 aliphatic rings. The number of phenolic OH excluding ortho intramolecular Hbond substituents is 3. The van der Waals surface area contributed by atoms with Crippen molar-refractivity contribution >= 4 is 0 Å². The SMILES string of the molecule is CCCCCC(C)(C)c1ccc(O)c(O)c1O. The van der Waals surface area contributed by atoms with Crippen LogP contribution in [0, 0.1) is 0 Å². The summed E-state index contributed by atoms with van der Waals surface area (Å²) in [6.45, 7) is 6.22. The van der Waals surface area contributed by atoms with Crippen LogP contribution in [-0.4, -0.2) is 15.3 Å². The normalized spacial score (nSPS) is 11.7. The molecule has 1 rings (SSSR count). The Hall–Kier alpha value is -1.38. The molecule has 3 nitrogen and oxygen atoms in total. The summed E-state index contributed by atoms with van der Waals surface area (Å²) in [4.78, 5) is 0. The Labute approximate surface area is 103 Å². The molecule has 0 aromatic heterocycles. The zero-order chi connectivity index (χ0) is 13.1. The van der Waals surface area contributed by atoms with Gasteiger partial charge in [-0.15, -0.1) is 0 Å².